The van der Waals surface area contributed by atoms with Crippen molar-refractivity contribution in [2.45, 2.75) is 38.1 Å². The molecular formula is C24H28ClN3O4. The predicted molar refractivity (Wildman–Crippen MR) is 124 cm³/mol. The van der Waals surface area contributed by atoms with Crippen LogP contribution in [0.1, 0.15) is 25.5 Å². The molecule has 1 saturated heterocycles. The molecule has 170 valence electrons. The monoisotopic (exact) mass is 457 g/mol. The van der Waals surface area contributed by atoms with Gasteiger partial charge in [-0.2, -0.15) is 0 Å². The smallest absolute Gasteiger partial charge is 0.258 e. The lowest BCUT2D eigenvalue weighted by Gasteiger charge is -2.29. The number of aliphatic hydroxyl groups is 1. The van der Waals surface area contributed by atoms with Gasteiger partial charge in [0.1, 0.15) is 12.4 Å². The van der Waals surface area contributed by atoms with E-state index in [1.54, 1.807) is 35.2 Å². The Balaban J connectivity index is 1.31. The molecule has 2 atom stereocenters. The molecule has 1 aliphatic carbocycles. The number of ether oxygens (including phenoxy) is 2. The molecule has 1 aliphatic heterocycles. The van der Waals surface area contributed by atoms with E-state index in [0.29, 0.717) is 23.8 Å². The standard InChI is InChI=1S/C24H28ClN3O4/c1-24(32-13-12-27-10-6-21(29)16-27)8-4-20(5-9-24)28-11-7-22(14-23(28)30)31-17-19-3-2-18(25)15-26-19/h2-5,7-8,11,14-15,21,29H,6,9-10,12-13,16-17H2,1H3/t21-,24?/m1/s1. The number of hydrogen-bond donors (Lipinski definition) is 1. The second-order valence-corrected chi connectivity index (χ2v) is 8.83. The first kappa shape index (κ1) is 22.7. The molecular weight excluding hydrogens is 430 g/mol. The van der Waals surface area contributed by atoms with Gasteiger partial charge in [-0.25, -0.2) is 0 Å². The number of likely N-dealkylation sites (tertiary alicyclic amines) is 1. The lowest BCUT2D eigenvalue weighted by molar-refractivity contribution is -0.00264. The summed E-state index contributed by atoms with van der Waals surface area (Å²) in [5.41, 5.74) is 0.973. The Kier molecular flexibility index (Phi) is 7.10. The first-order valence-electron chi connectivity index (χ1n) is 10.8. The Hall–Kier alpha value is -2.45. The molecule has 0 amide bonds. The summed E-state index contributed by atoms with van der Waals surface area (Å²) in [4.78, 5) is 19.0. The average molecular weight is 458 g/mol. The second kappa shape index (κ2) is 10.0. The Bertz CT molecular complexity index is 1050. The number of aromatic nitrogens is 2. The van der Waals surface area contributed by atoms with Crippen molar-refractivity contribution in [3.05, 3.63) is 76.0 Å². The summed E-state index contributed by atoms with van der Waals surface area (Å²) in [7, 11) is 0. The third-order valence-electron chi connectivity index (χ3n) is 5.75. The summed E-state index contributed by atoms with van der Waals surface area (Å²) in [6.07, 6.45) is 10.5. The molecule has 0 aromatic carbocycles. The zero-order valence-electron chi connectivity index (χ0n) is 18.1. The van der Waals surface area contributed by atoms with Gasteiger partial charge in [0, 0.05) is 50.2 Å². The largest absolute Gasteiger partial charge is 0.487 e. The summed E-state index contributed by atoms with van der Waals surface area (Å²) in [6, 6.07) is 6.77. The van der Waals surface area contributed by atoms with Crippen molar-refractivity contribution in [1.29, 1.82) is 0 Å². The number of rotatable bonds is 8. The van der Waals surface area contributed by atoms with Crippen LogP contribution < -0.4 is 10.3 Å². The minimum Gasteiger partial charge on any atom is -0.487 e. The molecule has 7 nitrogen and oxygen atoms in total. The summed E-state index contributed by atoms with van der Waals surface area (Å²) >= 11 is 5.84. The summed E-state index contributed by atoms with van der Waals surface area (Å²) < 4.78 is 13.4. The van der Waals surface area contributed by atoms with Crippen LogP contribution in [-0.4, -0.2) is 57.5 Å². The van der Waals surface area contributed by atoms with Gasteiger partial charge in [0.05, 0.1) is 29.0 Å². The molecule has 2 aromatic heterocycles. The molecule has 0 saturated carbocycles. The van der Waals surface area contributed by atoms with Gasteiger partial charge >= 0.3 is 0 Å². The third-order valence-corrected chi connectivity index (χ3v) is 5.98. The minimum atomic E-state index is -0.403. The van der Waals surface area contributed by atoms with Crippen LogP contribution in [-0.2, 0) is 11.3 Å². The second-order valence-electron chi connectivity index (χ2n) is 8.40. The molecule has 8 heteroatoms. The lowest BCUT2D eigenvalue weighted by Crippen LogP contribution is -2.33. The fourth-order valence-corrected chi connectivity index (χ4v) is 3.94. The van der Waals surface area contributed by atoms with Crippen LogP contribution in [0.5, 0.6) is 5.75 Å². The van der Waals surface area contributed by atoms with Crippen LogP contribution in [0.15, 0.2) is 59.7 Å². The van der Waals surface area contributed by atoms with Gasteiger partial charge < -0.3 is 14.6 Å². The molecule has 0 bridgehead atoms. The topological polar surface area (TPSA) is 76.8 Å². The van der Waals surface area contributed by atoms with Crippen LogP contribution in [0, 0.1) is 0 Å². The maximum atomic E-state index is 12.6. The van der Waals surface area contributed by atoms with Crippen molar-refractivity contribution in [3.8, 4) is 5.75 Å². The first-order valence-corrected chi connectivity index (χ1v) is 11.2. The Morgan fingerprint density at radius 3 is 2.88 bits per heavy atom. The minimum absolute atomic E-state index is 0.167. The highest BCUT2D eigenvalue weighted by Gasteiger charge is 2.25. The molecule has 2 aliphatic rings. The van der Waals surface area contributed by atoms with Gasteiger partial charge in [0.2, 0.25) is 0 Å². The number of halogens is 1. The highest BCUT2D eigenvalue weighted by Crippen LogP contribution is 2.26. The summed E-state index contributed by atoms with van der Waals surface area (Å²) in [5.74, 6) is 0.489. The van der Waals surface area contributed by atoms with Crippen molar-refractivity contribution >= 4 is 17.3 Å². The van der Waals surface area contributed by atoms with Gasteiger partial charge in [0.25, 0.3) is 5.56 Å². The van der Waals surface area contributed by atoms with Gasteiger partial charge in [0.15, 0.2) is 0 Å². The molecule has 0 spiro atoms. The number of nitrogens with zero attached hydrogens (tertiary/aromatic N) is 3. The van der Waals surface area contributed by atoms with Crippen LogP contribution >= 0.6 is 11.6 Å². The van der Waals surface area contributed by atoms with Crippen molar-refractivity contribution in [2.24, 2.45) is 0 Å². The first-order chi connectivity index (χ1) is 15.4. The molecule has 1 fully saturated rings. The van der Waals surface area contributed by atoms with Gasteiger partial charge in [-0.3, -0.25) is 19.2 Å². The van der Waals surface area contributed by atoms with Crippen molar-refractivity contribution in [3.63, 3.8) is 0 Å². The van der Waals surface area contributed by atoms with E-state index in [0.717, 1.165) is 37.4 Å². The van der Waals surface area contributed by atoms with Gasteiger partial charge in [-0.15, -0.1) is 0 Å². The molecule has 2 aromatic rings. The van der Waals surface area contributed by atoms with E-state index >= 15 is 0 Å². The van der Waals surface area contributed by atoms with Gasteiger partial charge in [-0.1, -0.05) is 23.8 Å². The van der Waals surface area contributed by atoms with Crippen molar-refractivity contribution in [2.75, 3.05) is 26.2 Å². The van der Waals surface area contributed by atoms with Crippen LogP contribution in [0.3, 0.4) is 0 Å². The van der Waals surface area contributed by atoms with Crippen LogP contribution in [0.4, 0.5) is 0 Å². The van der Waals surface area contributed by atoms with Crippen LogP contribution in [0.2, 0.25) is 5.02 Å². The molecule has 0 radical (unpaired) electrons. The predicted octanol–water partition coefficient (Wildman–Crippen LogP) is 3.12. The molecule has 1 unspecified atom stereocenters. The number of pyridine rings is 2. The normalized spacial score (nSPS) is 23.3. The summed E-state index contributed by atoms with van der Waals surface area (Å²) in [6.45, 7) is 5.35. The van der Waals surface area contributed by atoms with Crippen LogP contribution in [0.25, 0.3) is 5.70 Å². The van der Waals surface area contributed by atoms with E-state index in [-0.39, 0.29) is 18.3 Å². The zero-order valence-corrected chi connectivity index (χ0v) is 18.9. The lowest BCUT2D eigenvalue weighted by atomic mass is 9.96. The SMILES string of the molecule is CC1(OCCN2CC[C@@H](O)C2)C=CC(n2ccc(OCc3ccc(Cl)cn3)cc2=O)=CC1. The number of allylic oxidation sites excluding steroid dienone is 2. The average Bonchev–Trinajstić information content (AvgIpc) is 3.19. The maximum absolute atomic E-state index is 12.6. The Morgan fingerprint density at radius 2 is 2.22 bits per heavy atom. The highest BCUT2D eigenvalue weighted by atomic mass is 35.5. The summed E-state index contributed by atoms with van der Waals surface area (Å²) in [5, 5.41) is 10.2. The highest BCUT2D eigenvalue weighted by molar-refractivity contribution is 6.30. The fourth-order valence-electron chi connectivity index (χ4n) is 3.83. The van der Waals surface area contributed by atoms with E-state index in [4.69, 9.17) is 21.1 Å². The third kappa shape index (κ3) is 5.86. The molecule has 3 heterocycles. The van der Waals surface area contributed by atoms with E-state index in [1.807, 2.05) is 25.2 Å². The van der Waals surface area contributed by atoms with Gasteiger partial charge in [-0.05, 0) is 37.6 Å². The fraction of sp³-hybridized carbons (Fsp3) is 0.417. The van der Waals surface area contributed by atoms with E-state index in [2.05, 4.69) is 9.88 Å². The Morgan fingerprint density at radius 1 is 1.34 bits per heavy atom. The number of hydrogen-bond acceptors (Lipinski definition) is 6. The zero-order chi connectivity index (χ0) is 22.6. The van der Waals surface area contributed by atoms with Crippen molar-refractivity contribution in [1.82, 2.24) is 14.5 Å². The van der Waals surface area contributed by atoms with E-state index in [1.165, 1.54) is 6.07 Å². The van der Waals surface area contributed by atoms with E-state index < -0.39 is 5.60 Å². The molecule has 4 rings (SSSR count). The van der Waals surface area contributed by atoms with E-state index in [9.17, 15) is 9.90 Å². The molecule has 32 heavy (non-hydrogen) atoms. The molecule has 1 N–H and O–H groups in total. The maximum Gasteiger partial charge on any atom is 0.258 e. The Labute approximate surface area is 192 Å². The quantitative estimate of drug-likeness (QED) is 0.656. The number of β-amino-alcohol motifs (C(OH)–C–C–N with tert-alkyl or cyclic N) is 1. The number of aliphatic hydroxyl groups excluding tert-OH is 1. The van der Waals surface area contributed by atoms with Crippen molar-refractivity contribution < 1.29 is 14.6 Å².